The van der Waals surface area contributed by atoms with Crippen molar-refractivity contribution in [2.24, 2.45) is 0 Å². The molecule has 0 radical (unpaired) electrons. The number of pyridine rings is 2. The summed E-state index contributed by atoms with van der Waals surface area (Å²) in [5, 5.41) is 21.4. The molecule has 192 valence electrons. The summed E-state index contributed by atoms with van der Waals surface area (Å²) in [6, 6.07) is 17.0. The first kappa shape index (κ1) is 24.7. The molecule has 3 aromatic heterocycles. The molecule has 10 heteroatoms. The number of amides is 1. The zero-order valence-electron chi connectivity index (χ0n) is 20.6. The molecule has 0 aliphatic carbocycles. The molecule has 0 fully saturated rings. The largest absolute Gasteiger partial charge is 0.619 e. The minimum atomic E-state index is -0.803. The highest BCUT2D eigenvalue weighted by Gasteiger charge is 2.24. The maximum Gasteiger partial charge on any atom is 0.279 e. The lowest BCUT2D eigenvalue weighted by Crippen LogP contribution is -2.26. The first-order valence-electron chi connectivity index (χ1n) is 11.9. The van der Waals surface area contributed by atoms with E-state index in [1.807, 2.05) is 59.3 Å². The molecule has 10 nitrogen and oxygen atoms in total. The maximum atomic E-state index is 12.5. The summed E-state index contributed by atoms with van der Waals surface area (Å²) in [7, 11) is 1.41. The number of aryl methyl sites for hydroxylation is 1. The lowest BCUT2D eigenvalue weighted by molar-refractivity contribution is -0.603. The van der Waals surface area contributed by atoms with Gasteiger partial charge in [-0.15, -0.1) is 0 Å². The van der Waals surface area contributed by atoms with Gasteiger partial charge in [-0.1, -0.05) is 36.4 Å². The molecule has 3 heterocycles. The Hall–Kier alpha value is -4.96. The quantitative estimate of drug-likeness (QED) is 0.101. The van der Waals surface area contributed by atoms with E-state index in [2.05, 4.69) is 9.97 Å². The van der Waals surface area contributed by atoms with E-state index in [0.29, 0.717) is 28.1 Å². The number of carbonyl (C=O) groups is 1. The zero-order chi connectivity index (χ0) is 26.5. The van der Waals surface area contributed by atoms with E-state index in [1.54, 1.807) is 18.0 Å². The van der Waals surface area contributed by atoms with Gasteiger partial charge in [-0.25, -0.2) is 15.4 Å². The van der Waals surface area contributed by atoms with Crippen LogP contribution in [-0.4, -0.2) is 39.4 Å². The van der Waals surface area contributed by atoms with Gasteiger partial charge in [0.2, 0.25) is 0 Å². The summed E-state index contributed by atoms with van der Waals surface area (Å²) >= 11 is 0. The predicted octanol–water partition coefficient (Wildman–Crippen LogP) is 4.00. The van der Waals surface area contributed by atoms with Crippen LogP contribution in [0.5, 0.6) is 11.5 Å². The Labute approximate surface area is 218 Å². The molecule has 0 unspecified atom stereocenters. The molecule has 38 heavy (non-hydrogen) atoms. The van der Waals surface area contributed by atoms with E-state index in [1.165, 1.54) is 25.6 Å². The van der Waals surface area contributed by atoms with Gasteiger partial charge in [0.15, 0.2) is 18.1 Å². The fourth-order valence-corrected chi connectivity index (χ4v) is 4.27. The van der Waals surface area contributed by atoms with E-state index in [0.717, 1.165) is 29.8 Å². The van der Waals surface area contributed by atoms with Gasteiger partial charge in [0.1, 0.15) is 17.0 Å². The zero-order valence-corrected chi connectivity index (χ0v) is 20.6. The summed E-state index contributed by atoms with van der Waals surface area (Å²) in [4.78, 5) is 21.2. The lowest BCUT2D eigenvalue weighted by Gasteiger charge is -2.15. The molecule has 0 saturated carbocycles. The number of ether oxygens (including phenoxy) is 2. The number of hydrogen-bond donors (Lipinski definition) is 2. The second-order valence-electron chi connectivity index (χ2n) is 8.52. The summed E-state index contributed by atoms with van der Waals surface area (Å²) in [6.45, 7) is 1.46. The summed E-state index contributed by atoms with van der Waals surface area (Å²) < 4.78 is 14.0. The Morgan fingerprint density at radius 3 is 2.45 bits per heavy atom. The lowest BCUT2D eigenvalue weighted by atomic mass is 10.00. The highest BCUT2D eigenvalue weighted by Crippen LogP contribution is 2.36. The van der Waals surface area contributed by atoms with Crippen molar-refractivity contribution in [3.8, 4) is 33.9 Å². The average molecular weight is 512 g/mol. The number of aromatic nitrogens is 4. The van der Waals surface area contributed by atoms with Crippen LogP contribution in [0.3, 0.4) is 0 Å². The average Bonchev–Trinajstić information content (AvgIpc) is 3.48. The summed E-state index contributed by atoms with van der Waals surface area (Å²) in [6.07, 6.45) is 8.87. The van der Waals surface area contributed by atoms with Crippen molar-refractivity contribution in [3.63, 3.8) is 0 Å². The van der Waals surface area contributed by atoms with Gasteiger partial charge in [0, 0.05) is 30.6 Å². The van der Waals surface area contributed by atoms with Crippen LogP contribution in [0.4, 0.5) is 0 Å². The van der Waals surface area contributed by atoms with E-state index in [4.69, 9.17) is 9.47 Å². The van der Waals surface area contributed by atoms with E-state index in [-0.39, 0.29) is 16.7 Å². The van der Waals surface area contributed by atoms with Gasteiger partial charge >= 0.3 is 0 Å². The fourth-order valence-electron chi connectivity index (χ4n) is 4.27. The minimum absolute atomic E-state index is 0.0184. The number of carbonyl (C=O) groups excluding carboxylic acids is 1. The van der Waals surface area contributed by atoms with Crippen LogP contribution in [0.25, 0.3) is 33.3 Å². The van der Waals surface area contributed by atoms with Gasteiger partial charge in [-0.3, -0.25) is 10.0 Å². The van der Waals surface area contributed by atoms with Crippen molar-refractivity contribution in [1.82, 2.24) is 20.0 Å². The molecular weight excluding hydrogens is 486 g/mol. The molecule has 0 bridgehead atoms. The highest BCUT2D eigenvalue weighted by molar-refractivity contribution is 6.09. The van der Waals surface area contributed by atoms with Gasteiger partial charge in [0.05, 0.1) is 30.9 Å². The van der Waals surface area contributed by atoms with Gasteiger partial charge in [-0.2, -0.15) is 4.73 Å². The number of hydrogen-bond acceptors (Lipinski definition) is 7. The van der Waals surface area contributed by atoms with Crippen LogP contribution in [0.2, 0.25) is 0 Å². The number of benzene rings is 2. The van der Waals surface area contributed by atoms with E-state index in [9.17, 15) is 15.2 Å². The second kappa shape index (κ2) is 11.0. The topological polar surface area (TPSA) is 125 Å². The predicted molar refractivity (Wildman–Crippen MR) is 140 cm³/mol. The number of nitrogens with zero attached hydrogens (tertiary/aromatic N) is 4. The Morgan fingerprint density at radius 1 is 1.08 bits per heavy atom. The van der Waals surface area contributed by atoms with Gasteiger partial charge in [0.25, 0.3) is 5.91 Å². The third kappa shape index (κ3) is 5.11. The summed E-state index contributed by atoms with van der Waals surface area (Å²) in [5.74, 6) is 0.148. The van der Waals surface area contributed by atoms with E-state index < -0.39 is 5.91 Å². The number of rotatable bonds is 9. The van der Waals surface area contributed by atoms with Crippen molar-refractivity contribution >= 4 is 16.8 Å². The van der Waals surface area contributed by atoms with Crippen LogP contribution in [0, 0.1) is 5.21 Å². The Bertz CT molecular complexity index is 1550. The van der Waals surface area contributed by atoms with Crippen molar-refractivity contribution < 1.29 is 24.2 Å². The molecule has 0 aliphatic heterocycles. The fraction of sp³-hybridized carbons (Fsp3) is 0.143. The third-order valence-corrected chi connectivity index (χ3v) is 6.12. The van der Waals surface area contributed by atoms with Crippen molar-refractivity contribution in [2.75, 3.05) is 13.7 Å². The number of hydroxylamine groups is 1. The van der Waals surface area contributed by atoms with Crippen LogP contribution in [0.15, 0.2) is 85.7 Å². The second-order valence-corrected chi connectivity index (χ2v) is 8.52. The highest BCUT2D eigenvalue weighted by atomic mass is 16.5. The molecule has 0 saturated heterocycles. The molecular formula is C28H25N5O5. The standard InChI is InChI=1S/C28H25N5O5/c1-37-27-25(28(34)31-35)23-17-33(36)14-11-24(23)30-26(27)21-5-3-19(4-6-21)20-7-9-22(10-8-20)38-16-2-13-32-15-12-29-18-32/h3-12,14-15,17-18,35H,2,13,16H2,1H3,(H,31,34). The Kier molecular flexibility index (Phi) is 7.14. The van der Waals surface area contributed by atoms with Crippen molar-refractivity contribution in [1.29, 1.82) is 0 Å². The number of methoxy groups -OCH3 is 1. The molecule has 5 rings (SSSR count). The van der Waals surface area contributed by atoms with Crippen LogP contribution in [0.1, 0.15) is 16.8 Å². The molecule has 0 aliphatic rings. The Morgan fingerprint density at radius 2 is 1.79 bits per heavy atom. The number of imidazole rings is 1. The molecule has 2 N–H and O–H groups in total. The minimum Gasteiger partial charge on any atom is -0.619 e. The van der Waals surface area contributed by atoms with Gasteiger partial charge in [-0.05, 0) is 29.7 Å². The molecule has 2 aromatic carbocycles. The smallest absolute Gasteiger partial charge is 0.279 e. The van der Waals surface area contributed by atoms with Crippen molar-refractivity contribution in [2.45, 2.75) is 13.0 Å². The monoisotopic (exact) mass is 511 g/mol. The van der Waals surface area contributed by atoms with E-state index >= 15 is 0 Å². The summed E-state index contributed by atoms with van der Waals surface area (Å²) in [5.41, 5.74) is 5.18. The normalized spacial score (nSPS) is 10.9. The molecule has 0 spiro atoms. The Balaban J connectivity index is 1.36. The molecule has 5 aromatic rings. The first-order valence-corrected chi connectivity index (χ1v) is 11.9. The van der Waals surface area contributed by atoms with Crippen LogP contribution < -0.4 is 19.7 Å². The third-order valence-electron chi connectivity index (χ3n) is 6.12. The number of nitrogens with one attached hydrogen (secondary N) is 1. The maximum absolute atomic E-state index is 12.5. The first-order chi connectivity index (χ1) is 18.6. The van der Waals surface area contributed by atoms with Crippen LogP contribution >= 0.6 is 0 Å². The van der Waals surface area contributed by atoms with Crippen LogP contribution in [-0.2, 0) is 6.54 Å². The van der Waals surface area contributed by atoms with Crippen molar-refractivity contribution in [3.05, 3.63) is 96.5 Å². The SMILES string of the molecule is COc1c(-c2ccc(-c3ccc(OCCCn4ccnc4)cc3)cc2)nc2cc[n+]([O-])cc2c1C(=O)NO. The molecule has 1 amide bonds. The number of fused-ring (bicyclic) bond motifs is 1. The molecule has 0 atom stereocenters. The van der Waals surface area contributed by atoms with Gasteiger partial charge < -0.3 is 19.2 Å².